The van der Waals surface area contributed by atoms with Crippen molar-refractivity contribution in [2.75, 3.05) is 0 Å². The topological polar surface area (TPSA) is 96.1 Å². The Bertz CT molecular complexity index is 522. The highest BCUT2D eigenvalue weighted by molar-refractivity contribution is 6.22. The van der Waals surface area contributed by atoms with Crippen LogP contribution in [0.2, 0.25) is 0 Å². The monoisotopic (exact) mass is 231 g/mol. The maximum atomic E-state index is 11.3. The summed E-state index contributed by atoms with van der Waals surface area (Å²) in [5, 5.41) is 20.5. The Kier molecular flexibility index (Phi) is 2.70. The number of nitrogens with one attached hydrogen (secondary N) is 2. The summed E-state index contributed by atoms with van der Waals surface area (Å²) in [5.41, 5.74) is 0.656. The molecule has 0 bridgehead atoms. The SMILES string of the molecule is N=C1C(=Cc2ccccc2)NC(=O)C1[N+](=O)[O-]. The number of carbonyl (C=O) groups excluding carboxylic acids is 1. The van der Waals surface area contributed by atoms with Gasteiger partial charge >= 0.3 is 11.9 Å². The fourth-order valence-corrected chi connectivity index (χ4v) is 1.58. The lowest BCUT2D eigenvalue weighted by molar-refractivity contribution is -0.488. The summed E-state index contributed by atoms with van der Waals surface area (Å²) >= 11 is 0. The molecule has 2 rings (SSSR count). The van der Waals surface area contributed by atoms with Gasteiger partial charge < -0.3 is 5.32 Å². The highest BCUT2D eigenvalue weighted by Crippen LogP contribution is 2.14. The molecule has 0 aromatic heterocycles. The molecule has 1 aromatic carbocycles. The zero-order valence-electron chi connectivity index (χ0n) is 8.71. The Morgan fingerprint density at radius 3 is 2.53 bits per heavy atom. The van der Waals surface area contributed by atoms with Gasteiger partial charge in [0.1, 0.15) is 5.71 Å². The fourth-order valence-electron chi connectivity index (χ4n) is 1.58. The van der Waals surface area contributed by atoms with E-state index in [1.165, 1.54) is 0 Å². The van der Waals surface area contributed by atoms with Crippen LogP contribution < -0.4 is 5.32 Å². The van der Waals surface area contributed by atoms with Crippen LogP contribution in [0.25, 0.3) is 6.08 Å². The summed E-state index contributed by atoms with van der Waals surface area (Å²) < 4.78 is 0. The Labute approximate surface area is 96.6 Å². The maximum Gasteiger partial charge on any atom is 0.332 e. The highest BCUT2D eigenvalue weighted by Gasteiger charge is 2.43. The van der Waals surface area contributed by atoms with E-state index in [0.717, 1.165) is 5.56 Å². The van der Waals surface area contributed by atoms with Gasteiger partial charge in [0, 0.05) is 4.92 Å². The number of carbonyl (C=O) groups is 1. The van der Waals surface area contributed by atoms with Crippen molar-refractivity contribution in [3.8, 4) is 0 Å². The van der Waals surface area contributed by atoms with Gasteiger partial charge in [-0.3, -0.25) is 20.3 Å². The second-order valence-electron chi connectivity index (χ2n) is 3.56. The molecule has 6 heteroatoms. The van der Waals surface area contributed by atoms with Gasteiger partial charge in [-0.2, -0.15) is 0 Å². The first-order valence-corrected chi connectivity index (χ1v) is 4.89. The molecule has 6 nitrogen and oxygen atoms in total. The summed E-state index contributed by atoms with van der Waals surface area (Å²) in [6.07, 6.45) is 1.55. The molecule has 0 saturated carbocycles. The van der Waals surface area contributed by atoms with E-state index in [1.807, 2.05) is 6.07 Å². The second-order valence-corrected chi connectivity index (χ2v) is 3.56. The Balaban J connectivity index is 2.31. The average molecular weight is 231 g/mol. The minimum atomic E-state index is -1.59. The molecular weight excluding hydrogens is 222 g/mol. The number of benzene rings is 1. The van der Waals surface area contributed by atoms with Crippen LogP contribution in [0.3, 0.4) is 0 Å². The normalized spacial score (nSPS) is 21.6. The van der Waals surface area contributed by atoms with Crippen LogP contribution in [0.5, 0.6) is 0 Å². The van der Waals surface area contributed by atoms with Gasteiger partial charge in [-0.25, -0.2) is 0 Å². The molecule has 1 fully saturated rings. The third-order valence-electron chi connectivity index (χ3n) is 2.39. The van der Waals surface area contributed by atoms with Crippen LogP contribution >= 0.6 is 0 Å². The van der Waals surface area contributed by atoms with Crippen molar-refractivity contribution in [3.05, 3.63) is 51.7 Å². The Morgan fingerprint density at radius 2 is 2.00 bits per heavy atom. The molecule has 17 heavy (non-hydrogen) atoms. The summed E-state index contributed by atoms with van der Waals surface area (Å²) in [5.74, 6) is -0.762. The van der Waals surface area contributed by atoms with Gasteiger partial charge in [0.05, 0.1) is 5.70 Å². The first-order valence-electron chi connectivity index (χ1n) is 4.89. The molecule has 1 saturated heterocycles. The van der Waals surface area contributed by atoms with Crippen LogP contribution in [0.1, 0.15) is 5.56 Å². The van der Waals surface area contributed by atoms with Crippen LogP contribution in [-0.4, -0.2) is 22.6 Å². The molecule has 1 aromatic rings. The third kappa shape index (κ3) is 2.05. The number of nitrogens with zero attached hydrogens (tertiary/aromatic N) is 1. The Hall–Kier alpha value is -2.50. The van der Waals surface area contributed by atoms with Crippen molar-refractivity contribution >= 4 is 17.7 Å². The zero-order valence-corrected chi connectivity index (χ0v) is 8.71. The smallest absolute Gasteiger partial charge is 0.318 e. The van der Waals surface area contributed by atoms with Crippen LogP contribution in [-0.2, 0) is 4.79 Å². The quantitative estimate of drug-likeness (QED) is 0.582. The van der Waals surface area contributed by atoms with Gasteiger partial charge in [0.25, 0.3) is 0 Å². The third-order valence-corrected chi connectivity index (χ3v) is 2.39. The lowest BCUT2D eigenvalue weighted by Gasteiger charge is -1.97. The number of hydrogen-bond donors (Lipinski definition) is 2. The van der Waals surface area contributed by atoms with Crippen LogP contribution in [0, 0.1) is 15.5 Å². The van der Waals surface area contributed by atoms with Gasteiger partial charge in [-0.15, -0.1) is 0 Å². The average Bonchev–Trinajstić information content (AvgIpc) is 2.55. The first kappa shape index (κ1) is 11.0. The van der Waals surface area contributed by atoms with Gasteiger partial charge in [-0.1, -0.05) is 30.3 Å². The van der Waals surface area contributed by atoms with Gasteiger partial charge in [0.2, 0.25) is 0 Å². The molecule has 1 atom stereocenters. The van der Waals surface area contributed by atoms with E-state index >= 15 is 0 Å². The summed E-state index contributed by atoms with van der Waals surface area (Å²) in [4.78, 5) is 21.1. The molecule has 86 valence electrons. The van der Waals surface area contributed by atoms with E-state index in [2.05, 4.69) is 5.32 Å². The number of amides is 1. The van der Waals surface area contributed by atoms with E-state index in [0.29, 0.717) is 0 Å². The van der Waals surface area contributed by atoms with E-state index in [-0.39, 0.29) is 11.4 Å². The minimum Gasteiger partial charge on any atom is -0.318 e. The van der Waals surface area contributed by atoms with Crippen LogP contribution in [0.15, 0.2) is 36.0 Å². The predicted molar refractivity (Wildman–Crippen MR) is 61.1 cm³/mol. The lowest BCUT2D eigenvalue weighted by Crippen LogP contribution is -2.32. The van der Waals surface area contributed by atoms with Crippen LogP contribution in [0.4, 0.5) is 0 Å². The summed E-state index contributed by atoms with van der Waals surface area (Å²) in [6, 6.07) is 7.42. The molecule has 1 unspecified atom stereocenters. The lowest BCUT2D eigenvalue weighted by atomic mass is 10.1. The molecular formula is C11H9N3O3. The van der Waals surface area contributed by atoms with Crippen molar-refractivity contribution in [2.24, 2.45) is 0 Å². The largest absolute Gasteiger partial charge is 0.332 e. The molecule has 1 heterocycles. The summed E-state index contributed by atoms with van der Waals surface area (Å²) in [6.45, 7) is 0. The van der Waals surface area contributed by atoms with Crippen molar-refractivity contribution < 1.29 is 9.72 Å². The highest BCUT2D eigenvalue weighted by atomic mass is 16.6. The minimum absolute atomic E-state index is 0.183. The van der Waals surface area contributed by atoms with E-state index in [1.54, 1.807) is 30.3 Å². The van der Waals surface area contributed by atoms with Crippen molar-refractivity contribution in [3.63, 3.8) is 0 Å². The van der Waals surface area contributed by atoms with Crippen molar-refractivity contribution in [2.45, 2.75) is 6.04 Å². The molecule has 0 radical (unpaired) electrons. The molecule has 0 spiro atoms. The predicted octanol–water partition coefficient (Wildman–Crippen LogP) is 0.822. The number of nitro groups is 1. The molecule has 2 N–H and O–H groups in total. The second kappa shape index (κ2) is 4.17. The zero-order chi connectivity index (χ0) is 12.4. The number of rotatable bonds is 2. The standard InChI is InChI=1S/C11H9N3O3/c12-9-8(6-7-4-2-1-3-5-7)13-11(15)10(9)14(16)17/h1-6,10,12H,(H,13,15). The number of hydrogen-bond acceptors (Lipinski definition) is 4. The molecule has 1 aliphatic rings. The fraction of sp³-hybridized carbons (Fsp3) is 0.0909. The van der Waals surface area contributed by atoms with E-state index in [9.17, 15) is 14.9 Å². The first-order chi connectivity index (χ1) is 8.09. The molecule has 1 aliphatic heterocycles. The van der Waals surface area contributed by atoms with E-state index < -0.39 is 16.9 Å². The summed E-state index contributed by atoms with van der Waals surface area (Å²) in [7, 11) is 0. The molecule has 0 aliphatic carbocycles. The van der Waals surface area contributed by atoms with Gasteiger partial charge in [-0.05, 0) is 11.6 Å². The van der Waals surface area contributed by atoms with E-state index in [4.69, 9.17) is 5.41 Å². The maximum absolute atomic E-state index is 11.3. The van der Waals surface area contributed by atoms with Crippen molar-refractivity contribution in [1.82, 2.24) is 5.32 Å². The molecule has 1 amide bonds. The van der Waals surface area contributed by atoms with Gasteiger partial charge in [0.15, 0.2) is 0 Å². The van der Waals surface area contributed by atoms with Crippen molar-refractivity contribution in [1.29, 1.82) is 5.41 Å². The Morgan fingerprint density at radius 1 is 1.35 bits per heavy atom.